The molecule has 4 aromatic rings. The number of hydrogen-bond acceptors (Lipinski definition) is 8. The van der Waals surface area contributed by atoms with Gasteiger partial charge in [-0.3, -0.25) is 9.21 Å². The number of anilines is 1. The van der Waals surface area contributed by atoms with Crippen molar-refractivity contribution in [2.75, 3.05) is 17.4 Å². The number of rotatable bonds is 7. The Hall–Kier alpha value is -2.98. The van der Waals surface area contributed by atoms with Crippen LogP contribution in [0.2, 0.25) is 0 Å². The van der Waals surface area contributed by atoms with Crippen LogP contribution < -0.4 is 4.31 Å². The molecule has 9 nitrogen and oxygen atoms in total. The first kappa shape index (κ1) is 31.0. The van der Waals surface area contributed by atoms with E-state index in [1.807, 2.05) is 44.3 Å². The maximum atomic E-state index is 13.5. The zero-order valence-electron chi connectivity index (χ0n) is 22.1. The summed E-state index contributed by atoms with van der Waals surface area (Å²) in [5.74, 6) is -2.76. The Balaban J connectivity index is 0.000000493. The molecule has 0 spiro atoms. The number of benzene rings is 1. The number of aliphatic hydroxyl groups excluding tert-OH is 1. The second kappa shape index (κ2) is 12.5. The predicted molar refractivity (Wildman–Crippen MR) is 153 cm³/mol. The zero-order chi connectivity index (χ0) is 29.9. The largest absolute Gasteiger partial charge is 0.490 e. The number of nitrogens with one attached hydrogen (secondary N) is 1. The molecule has 1 aliphatic heterocycles. The zero-order valence-corrected chi connectivity index (χ0v) is 24.6. The van der Waals surface area contributed by atoms with Crippen molar-refractivity contribution in [2.45, 2.75) is 55.8 Å². The Morgan fingerprint density at radius 3 is 2.61 bits per heavy atom. The number of thiazole rings is 1. The Labute approximate surface area is 242 Å². The van der Waals surface area contributed by atoms with E-state index < -0.39 is 22.2 Å². The van der Waals surface area contributed by atoms with Gasteiger partial charge in [-0.1, -0.05) is 18.2 Å². The van der Waals surface area contributed by atoms with E-state index in [4.69, 9.17) is 9.90 Å². The van der Waals surface area contributed by atoms with E-state index in [9.17, 15) is 26.7 Å². The molecule has 4 heterocycles. The summed E-state index contributed by atoms with van der Waals surface area (Å²) < 4.78 is 60.5. The van der Waals surface area contributed by atoms with Gasteiger partial charge in [-0.25, -0.2) is 18.2 Å². The number of aromatic nitrogens is 2. The number of thiophene rings is 1. The summed E-state index contributed by atoms with van der Waals surface area (Å²) in [5, 5.41) is 20.7. The fourth-order valence-corrected chi connectivity index (χ4v) is 8.21. The van der Waals surface area contributed by atoms with E-state index in [1.54, 1.807) is 28.8 Å². The summed E-state index contributed by atoms with van der Waals surface area (Å²) in [7, 11) is -3.68. The van der Waals surface area contributed by atoms with Crippen LogP contribution in [0.5, 0.6) is 0 Å². The van der Waals surface area contributed by atoms with Crippen molar-refractivity contribution in [1.82, 2.24) is 14.9 Å². The predicted octanol–water partition coefficient (Wildman–Crippen LogP) is 5.55. The third-order valence-corrected chi connectivity index (χ3v) is 10.6. The molecule has 0 radical (unpaired) electrons. The van der Waals surface area contributed by atoms with Gasteiger partial charge in [0.15, 0.2) is 0 Å². The van der Waals surface area contributed by atoms with Crippen molar-refractivity contribution >= 4 is 55.3 Å². The lowest BCUT2D eigenvalue weighted by Gasteiger charge is -2.29. The van der Waals surface area contributed by atoms with Gasteiger partial charge in [-0.15, -0.1) is 22.7 Å². The van der Waals surface area contributed by atoms with Crippen LogP contribution in [0.15, 0.2) is 52.2 Å². The molecule has 1 aromatic carbocycles. The minimum atomic E-state index is -5.08. The van der Waals surface area contributed by atoms with Crippen molar-refractivity contribution in [3.8, 4) is 10.7 Å². The third-order valence-electron chi connectivity index (χ3n) is 6.24. The monoisotopic (exact) mass is 630 g/mol. The van der Waals surface area contributed by atoms with Crippen LogP contribution in [0.1, 0.15) is 31.6 Å². The molecular weight excluding hydrogens is 602 g/mol. The number of hydrogen-bond donors (Lipinski definition) is 3. The Morgan fingerprint density at radius 2 is 2.00 bits per heavy atom. The first-order valence-corrected chi connectivity index (χ1v) is 15.8. The van der Waals surface area contributed by atoms with Gasteiger partial charge in [0, 0.05) is 35.6 Å². The lowest BCUT2D eigenvalue weighted by atomic mass is 10.1. The summed E-state index contributed by atoms with van der Waals surface area (Å²) in [6.07, 6.45) is -1.55. The highest BCUT2D eigenvalue weighted by Gasteiger charge is 2.38. The minimum Gasteiger partial charge on any atom is -0.475 e. The van der Waals surface area contributed by atoms with Gasteiger partial charge in [0.25, 0.3) is 10.0 Å². The van der Waals surface area contributed by atoms with E-state index in [0.717, 1.165) is 52.4 Å². The van der Waals surface area contributed by atoms with Gasteiger partial charge < -0.3 is 15.2 Å². The smallest absolute Gasteiger partial charge is 0.475 e. The van der Waals surface area contributed by atoms with Crippen molar-refractivity contribution in [3.05, 3.63) is 52.9 Å². The van der Waals surface area contributed by atoms with Crippen LogP contribution in [0, 0.1) is 0 Å². The molecule has 3 aromatic heterocycles. The lowest BCUT2D eigenvalue weighted by molar-refractivity contribution is -0.192. The SMILES string of the molecule is CC(C)N(c1cccc2cc(-c3ncc(CN4CCCC(O)C4)s3)[nH]c12)S(=O)(=O)c1cccs1.O=C(O)C(F)(F)F. The fraction of sp³-hybridized carbons (Fsp3) is 0.385. The summed E-state index contributed by atoms with van der Waals surface area (Å²) in [6, 6.07) is 10.9. The maximum Gasteiger partial charge on any atom is 0.490 e. The Morgan fingerprint density at radius 1 is 1.27 bits per heavy atom. The number of likely N-dealkylation sites (tertiary alicyclic amines) is 1. The Kier molecular flexibility index (Phi) is 9.43. The second-order valence-electron chi connectivity index (χ2n) is 9.72. The number of piperidine rings is 1. The molecule has 1 saturated heterocycles. The van der Waals surface area contributed by atoms with Crippen molar-refractivity contribution in [3.63, 3.8) is 0 Å². The highest BCUT2D eigenvalue weighted by atomic mass is 32.2. The number of carboxylic acid groups (broad SMARTS) is 1. The number of alkyl halides is 3. The van der Waals surface area contributed by atoms with E-state index in [-0.39, 0.29) is 12.1 Å². The molecule has 41 heavy (non-hydrogen) atoms. The number of H-pyrrole nitrogens is 1. The summed E-state index contributed by atoms with van der Waals surface area (Å²) in [4.78, 5) is 20.4. The van der Waals surface area contributed by atoms with Gasteiger partial charge in [-0.05, 0) is 56.8 Å². The van der Waals surface area contributed by atoms with Gasteiger partial charge in [0.05, 0.1) is 23.0 Å². The molecule has 1 unspecified atom stereocenters. The number of sulfonamides is 1. The average molecular weight is 631 g/mol. The van der Waals surface area contributed by atoms with Gasteiger partial charge in [-0.2, -0.15) is 13.2 Å². The number of carbonyl (C=O) groups is 1. The molecule has 0 bridgehead atoms. The highest BCUT2D eigenvalue weighted by molar-refractivity contribution is 7.94. The number of aromatic amines is 1. The number of aliphatic carboxylic acids is 1. The van der Waals surface area contributed by atoms with Crippen molar-refractivity contribution in [2.24, 2.45) is 0 Å². The first-order chi connectivity index (χ1) is 19.3. The summed E-state index contributed by atoms with van der Waals surface area (Å²) in [6.45, 7) is 6.24. The van der Waals surface area contributed by atoms with E-state index in [0.29, 0.717) is 16.4 Å². The van der Waals surface area contributed by atoms with Crippen LogP contribution >= 0.6 is 22.7 Å². The number of β-amino-alcohol motifs (C(OH)–C–C–N with tert-alkyl or cyclic N) is 1. The summed E-state index contributed by atoms with van der Waals surface area (Å²) in [5.41, 5.74) is 2.28. The molecule has 0 aliphatic carbocycles. The van der Waals surface area contributed by atoms with Crippen LogP contribution in [0.3, 0.4) is 0 Å². The number of aliphatic hydroxyl groups is 1. The molecule has 1 aliphatic rings. The van der Waals surface area contributed by atoms with Gasteiger partial charge in [0.1, 0.15) is 9.22 Å². The topological polar surface area (TPSA) is 127 Å². The minimum absolute atomic E-state index is 0.248. The summed E-state index contributed by atoms with van der Waals surface area (Å²) >= 11 is 2.85. The molecule has 0 saturated carbocycles. The number of halogens is 3. The maximum absolute atomic E-state index is 13.5. The Bertz CT molecular complexity index is 1580. The van der Waals surface area contributed by atoms with Gasteiger partial charge in [0.2, 0.25) is 0 Å². The van der Waals surface area contributed by atoms with Crippen molar-refractivity contribution in [1.29, 1.82) is 0 Å². The molecular formula is C26H29F3N4O5S3. The third kappa shape index (κ3) is 7.27. The van der Waals surface area contributed by atoms with E-state index in [1.165, 1.54) is 15.6 Å². The first-order valence-electron chi connectivity index (χ1n) is 12.6. The molecule has 0 amide bonds. The second-order valence-corrected chi connectivity index (χ2v) is 13.8. The van der Waals surface area contributed by atoms with Crippen LogP contribution in [0.25, 0.3) is 21.6 Å². The number of carboxylic acids is 1. The van der Waals surface area contributed by atoms with Gasteiger partial charge >= 0.3 is 12.1 Å². The fourth-order valence-electron chi connectivity index (χ4n) is 4.53. The van der Waals surface area contributed by atoms with E-state index in [2.05, 4.69) is 14.9 Å². The lowest BCUT2D eigenvalue weighted by Crippen LogP contribution is -2.37. The molecule has 5 rings (SSSR count). The number of fused-ring (bicyclic) bond motifs is 1. The van der Waals surface area contributed by atoms with Crippen LogP contribution in [0.4, 0.5) is 18.9 Å². The molecule has 1 atom stereocenters. The van der Waals surface area contributed by atoms with Crippen molar-refractivity contribution < 1.29 is 36.6 Å². The molecule has 3 N–H and O–H groups in total. The van der Waals surface area contributed by atoms with Crippen LogP contribution in [-0.4, -0.2) is 70.9 Å². The molecule has 222 valence electrons. The average Bonchev–Trinajstić information content (AvgIpc) is 3.65. The highest BCUT2D eigenvalue weighted by Crippen LogP contribution is 2.36. The standard InChI is InChI=1S/C24H28N4O3S3.C2HF3O2/c1-16(2)28(34(30,31)22-9-5-11-32-22)21-8-3-6-17-12-20(26-23(17)21)24-25-13-19(33-24)15-27-10-4-7-18(29)14-27;3-2(4,5)1(6)7/h3,5-6,8-9,11-13,16,18,26,29H,4,7,10,14-15H2,1-2H3;(H,6,7). The van der Waals surface area contributed by atoms with Crippen LogP contribution in [-0.2, 0) is 21.4 Å². The normalized spacial score (nSPS) is 16.5. The number of nitrogens with zero attached hydrogens (tertiary/aromatic N) is 3. The molecule has 15 heteroatoms. The number of para-hydroxylation sites is 1. The quantitative estimate of drug-likeness (QED) is 0.245. The molecule has 1 fully saturated rings. The van der Waals surface area contributed by atoms with E-state index >= 15 is 0 Å².